The van der Waals surface area contributed by atoms with Crippen molar-refractivity contribution in [2.24, 2.45) is 0 Å². The summed E-state index contributed by atoms with van der Waals surface area (Å²) in [4.78, 5) is 12.4. The first kappa shape index (κ1) is 47.0. The Morgan fingerprint density at radius 1 is 0.500 bits per heavy atom. The topological polar surface area (TPSA) is 110 Å². The van der Waals surface area contributed by atoms with Gasteiger partial charge in [-0.1, -0.05) is 199 Å². The molecule has 0 aromatic carbocycles. The Hall–Kier alpha value is -0.950. The second-order valence-corrected chi connectivity index (χ2v) is 14.7. The van der Waals surface area contributed by atoms with Crippen molar-refractivity contribution in [1.82, 2.24) is 5.32 Å². The number of rotatable bonds is 38. The lowest BCUT2D eigenvalue weighted by molar-refractivity contribution is -0.132. The van der Waals surface area contributed by atoms with Gasteiger partial charge in [0.15, 0.2) is 0 Å². The van der Waals surface area contributed by atoms with Crippen molar-refractivity contribution in [1.29, 1.82) is 0 Å². The Morgan fingerprint density at radius 2 is 0.875 bits per heavy atom. The van der Waals surface area contributed by atoms with Crippen LogP contribution in [0.3, 0.4) is 0 Å². The van der Waals surface area contributed by atoms with Gasteiger partial charge in [0.25, 0.3) is 0 Å². The molecule has 0 aromatic heterocycles. The van der Waals surface area contributed by atoms with Crippen molar-refractivity contribution in [2.75, 3.05) is 6.61 Å². The van der Waals surface area contributed by atoms with Gasteiger partial charge >= 0.3 is 0 Å². The first-order valence-electron chi connectivity index (χ1n) is 21.1. The van der Waals surface area contributed by atoms with Gasteiger partial charge in [-0.05, 0) is 32.1 Å². The van der Waals surface area contributed by atoms with E-state index in [4.69, 9.17) is 0 Å². The summed E-state index contributed by atoms with van der Waals surface area (Å²) in [5, 5.41) is 43.1. The van der Waals surface area contributed by atoms with Crippen molar-refractivity contribution < 1.29 is 25.2 Å². The summed E-state index contributed by atoms with van der Waals surface area (Å²) in [6.07, 6.45) is 40.1. The molecule has 0 fully saturated rings. The summed E-state index contributed by atoms with van der Waals surface area (Å²) >= 11 is 0. The molecule has 5 N–H and O–H groups in total. The first-order chi connectivity index (χ1) is 23.5. The van der Waals surface area contributed by atoms with E-state index in [0.717, 1.165) is 38.5 Å². The van der Waals surface area contributed by atoms with Crippen molar-refractivity contribution in [3.05, 3.63) is 12.2 Å². The molecular weight excluding hydrogens is 598 g/mol. The fourth-order valence-corrected chi connectivity index (χ4v) is 6.59. The fourth-order valence-electron chi connectivity index (χ4n) is 6.59. The van der Waals surface area contributed by atoms with Gasteiger partial charge in [-0.25, -0.2) is 0 Å². The molecule has 0 radical (unpaired) electrons. The van der Waals surface area contributed by atoms with E-state index in [-0.39, 0.29) is 0 Å². The highest BCUT2D eigenvalue weighted by Gasteiger charge is 2.28. The van der Waals surface area contributed by atoms with E-state index in [0.29, 0.717) is 19.3 Å². The Morgan fingerprint density at radius 3 is 1.25 bits per heavy atom. The van der Waals surface area contributed by atoms with E-state index in [9.17, 15) is 25.2 Å². The van der Waals surface area contributed by atoms with Gasteiger partial charge in [-0.3, -0.25) is 4.79 Å². The summed E-state index contributed by atoms with van der Waals surface area (Å²) in [6, 6.07) is -0.994. The molecule has 0 aliphatic heterocycles. The summed E-state index contributed by atoms with van der Waals surface area (Å²) in [5.74, 6) is -0.595. The molecule has 0 heterocycles. The standard InChI is InChI=1S/C42H83NO5/c1-3-5-7-9-11-12-13-14-15-16-17-18-19-20-21-22-23-24-25-26-27-28-29-30-32-34-36-40(46)42(48)43-38(37-44)41(47)39(45)35-33-31-10-8-6-4-2/h8,10,38-41,44-47H,3-7,9,11-37H2,1-2H3,(H,43,48)/b10-8+. The van der Waals surface area contributed by atoms with Gasteiger partial charge in [-0.2, -0.15) is 0 Å². The molecule has 1 amide bonds. The zero-order valence-electron chi connectivity index (χ0n) is 32.0. The van der Waals surface area contributed by atoms with Crippen LogP contribution >= 0.6 is 0 Å². The molecule has 48 heavy (non-hydrogen) atoms. The third kappa shape index (κ3) is 31.1. The first-order valence-corrected chi connectivity index (χ1v) is 21.1. The molecule has 286 valence electrons. The minimum Gasteiger partial charge on any atom is -0.394 e. The predicted molar refractivity (Wildman–Crippen MR) is 205 cm³/mol. The molecule has 0 aliphatic carbocycles. The number of unbranched alkanes of at least 4 members (excludes halogenated alkanes) is 27. The van der Waals surface area contributed by atoms with E-state index in [1.54, 1.807) is 0 Å². The molecule has 0 aliphatic rings. The lowest BCUT2D eigenvalue weighted by Gasteiger charge is -2.27. The van der Waals surface area contributed by atoms with E-state index >= 15 is 0 Å². The minimum absolute atomic E-state index is 0.367. The third-order valence-corrected chi connectivity index (χ3v) is 9.96. The van der Waals surface area contributed by atoms with Crippen LogP contribution in [-0.4, -0.2) is 57.3 Å². The molecule has 4 unspecified atom stereocenters. The second-order valence-electron chi connectivity index (χ2n) is 14.7. The highest BCUT2D eigenvalue weighted by molar-refractivity contribution is 5.80. The molecule has 0 saturated carbocycles. The highest BCUT2D eigenvalue weighted by atomic mass is 16.3. The molecule has 4 atom stereocenters. The summed E-state index contributed by atoms with van der Waals surface area (Å²) in [5.41, 5.74) is 0. The molecule has 0 spiro atoms. The largest absolute Gasteiger partial charge is 0.394 e. The maximum absolute atomic E-state index is 12.4. The van der Waals surface area contributed by atoms with Crippen molar-refractivity contribution in [3.8, 4) is 0 Å². The maximum Gasteiger partial charge on any atom is 0.249 e. The normalized spacial score (nSPS) is 14.4. The number of amides is 1. The van der Waals surface area contributed by atoms with Crippen LogP contribution in [0.15, 0.2) is 12.2 Å². The number of hydrogen-bond acceptors (Lipinski definition) is 5. The smallest absolute Gasteiger partial charge is 0.249 e. The van der Waals surface area contributed by atoms with Crippen LogP contribution in [0.2, 0.25) is 0 Å². The van der Waals surface area contributed by atoms with Crippen LogP contribution in [0.1, 0.15) is 219 Å². The number of carbonyl (C=O) groups excluding carboxylic acids is 1. The highest BCUT2D eigenvalue weighted by Crippen LogP contribution is 2.17. The van der Waals surface area contributed by atoms with Gasteiger partial charge < -0.3 is 25.7 Å². The zero-order valence-corrected chi connectivity index (χ0v) is 32.0. The van der Waals surface area contributed by atoms with Crippen LogP contribution in [0.25, 0.3) is 0 Å². The van der Waals surface area contributed by atoms with Crippen LogP contribution in [0.5, 0.6) is 0 Å². The zero-order chi connectivity index (χ0) is 35.3. The van der Waals surface area contributed by atoms with Crippen LogP contribution in [0.4, 0.5) is 0 Å². The molecule has 0 rings (SSSR count). The third-order valence-electron chi connectivity index (χ3n) is 9.96. The Labute approximate surface area is 298 Å². The molecular formula is C42H83NO5. The van der Waals surface area contributed by atoms with Crippen molar-refractivity contribution >= 4 is 5.91 Å². The Kier molecular flexibility index (Phi) is 36.6. The average molecular weight is 682 g/mol. The summed E-state index contributed by atoms with van der Waals surface area (Å²) in [7, 11) is 0. The van der Waals surface area contributed by atoms with E-state index in [1.807, 2.05) is 0 Å². The summed E-state index contributed by atoms with van der Waals surface area (Å²) in [6.45, 7) is 3.92. The fraction of sp³-hybridized carbons (Fsp3) is 0.929. The van der Waals surface area contributed by atoms with E-state index in [1.165, 1.54) is 148 Å². The minimum atomic E-state index is -1.27. The SMILES string of the molecule is CCC/C=C/CCCC(O)C(O)C(CO)NC(=O)C(O)CCCCCCCCCCCCCCCCCCCCCCCCCCCC. The van der Waals surface area contributed by atoms with Crippen molar-refractivity contribution in [3.63, 3.8) is 0 Å². The monoisotopic (exact) mass is 682 g/mol. The second kappa shape index (κ2) is 37.3. The molecule has 6 heteroatoms. The lowest BCUT2D eigenvalue weighted by atomic mass is 10.00. The van der Waals surface area contributed by atoms with E-state index < -0.39 is 36.9 Å². The van der Waals surface area contributed by atoms with Crippen LogP contribution < -0.4 is 5.32 Å². The lowest BCUT2D eigenvalue weighted by Crippen LogP contribution is -2.53. The molecule has 0 saturated heterocycles. The van der Waals surface area contributed by atoms with Gasteiger partial charge in [0, 0.05) is 0 Å². The average Bonchev–Trinajstić information content (AvgIpc) is 3.09. The number of nitrogens with one attached hydrogen (secondary N) is 1. The number of hydrogen-bond donors (Lipinski definition) is 5. The summed E-state index contributed by atoms with van der Waals surface area (Å²) < 4.78 is 0. The molecule has 0 aromatic rings. The Balaban J connectivity index is 3.54. The maximum atomic E-state index is 12.4. The number of aliphatic hydroxyl groups is 4. The number of aliphatic hydroxyl groups excluding tert-OH is 4. The van der Waals surface area contributed by atoms with Gasteiger partial charge in [0.2, 0.25) is 5.91 Å². The van der Waals surface area contributed by atoms with E-state index in [2.05, 4.69) is 31.3 Å². The van der Waals surface area contributed by atoms with Gasteiger partial charge in [-0.15, -0.1) is 0 Å². The molecule has 0 bridgehead atoms. The van der Waals surface area contributed by atoms with Crippen LogP contribution in [-0.2, 0) is 4.79 Å². The predicted octanol–water partition coefficient (Wildman–Crippen LogP) is 10.6. The van der Waals surface area contributed by atoms with Gasteiger partial charge in [0.05, 0.1) is 18.8 Å². The Bertz CT molecular complexity index is 687. The number of carbonyl (C=O) groups is 1. The quantitative estimate of drug-likeness (QED) is 0.0329. The number of allylic oxidation sites excluding steroid dienone is 2. The van der Waals surface area contributed by atoms with Gasteiger partial charge in [0.1, 0.15) is 12.2 Å². The van der Waals surface area contributed by atoms with Crippen molar-refractivity contribution in [2.45, 2.75) is 244 Å². The van der Waals surface area contributed by atoms with Crippen LogP contribution in [0, 0.1) is 0 Å². The molecule has 6 nitrogen and oxygen atoms in total.